The highest BCUT2D eigenvalue weighted by atomic mass is 32.2. The smallest absolute Gasteiger partial charge is 0.316 e. The van der Waals surface area contributed by atoms with E-state index in [9.17, 15) is 4.79 Å². The number of nitrogens with zero attached hydrogens (tertiary/aromatic N) is 7. The molecule has 3 rings (SSSR count). The Kier molecular flexibility index (Phi) is 5.79. The van der Waals surface area contributed by atoms with Gasteiger partial charge in [0.15, 0.2) is 0 Å². The Morgan fingerprint density at radius 2 is 2.20 bits per heavy atom. The van der Waals surface area contributed by atoms with Crippen LogP contribution in [0.2, 0.25) is 0 Å². The molecule has 0 N–H and O–H groups in total. The average Bonchev–Trinajstić information content (AvgIpc) is 3.05. The molecule has 0 spiro atoms. The van der Waals surface area contributed by atoms with Gasteiger partial charge in [0.2, 0.25) is 11.1 Å². The molecule has 0 aromatic carbocycles. The van der Waals surface area contributed by atoms with Crippen LogP contribution in [0.25, 0.3) is 0 Å². The number of carbonyl (C=O) groups excluding carboxylic acids is 1. The predicted octanol–water partition coefficient (Wildman–Crippen LogP) is 0.725. The van der Waals surface area contributed by atoms with Crippen molar-refractivity contribution in [1.82, 2.24) is 35.1 Å². The van der Waals surface area contributed by atoms with Gasteiger partial charge in [0.1, 0.15) is 6.10 Å². The zero-order chi connectivity index (χ0) is 17.6. The lowest BCUT2D eigenvalue weighted by atomic mass is 10.1. The SMILES string of the molecule is CCc1cnc(OC2CCCN(C(=O)CSc3nnnn3C)C2)nc1. The van der Waals surface area contributed by atoms with E-state index < -0.39 is 0 Å². The van der Waals surface area contributed by atoms with Crippen LogP contribution in [0, 0.1) is 0 Å². The molecule has 1 atom stereocenters. The molecule has 10 heteroatoms. The van der Waals surface area contributed by atoms with E-state index in [-0.39, 0.29) is 12.0 Å². The Hall–Kier alpha value is -2.23. The number of likely N-dealkylation sites (tertiary alicyclic amines) is 1. The molecule has 0 bridgehead atoms. The molecule has 2 aromatic heterocycles. The molecule has 1 aliphatic heterocycles. The second kappa shape index (κ2) is 8.24. The van der Waals surface area contributed by atoms with Crippen molar-refractivity contribution in [3.05, 3.63) is 18.0 Å². The first-order chi connectivity index (χ1) is 12.2. The number of amides is 1. The Labute approximate surface area is 150 Å². The third kappa shape index (κ3) is 4.65. The number of hydrogen-bond donors (Lipinski definition) is 0. The number of hydrogen-bond acceptors (Lipinski definition) is 8. The molecule has 1 fully saturated rings. The molecule has 1 aliphatic rings. The van der Waals surface area contributed by atoms with Crippen molar-refractivity contribution in [2.75, 3.05) is 18.8 Å². The molecule has 0 radical (unpaired) electrons. The highest BCUT2D eigenvalue weighted by Gasteiger charge is 2.25. The minimum absolute atomic E-state index is 0.0588. The van der Waals surface area contributed by atoms with Gasteiger partial charge in [0.05, 0.1) is 12.3 Å². The fraction of sp³-hybridized carbons (Fsp3) is 0.600. The summed E-state index contributed by atoms with van der Waals surface area (Å²) in [6.45, 7) is 3.35. The van der Waals surface area contributed by atoms with E-state index in [0.717, 1.165) is 31.4 Å². The van der Waals surface area contributed by atoms with Gasteiger partial charge < -0.3 is 9.64 Å². The molecule has 9 nitrogen and oxygen atoms in total. The number of aromatic nitrogens is 6. The van der Waals surface area contributed by atoms with Gasteiger partial charge in [0.25, 0.3) is 0 Å². The van der Waals surface area contributed by atoms with Crippen LogP contribution in [0.3, 0.4) is 0 Å². The highest BCUT2D eigenvalue weighted by Crippen LogP contribution is 2.18. The first-order valence-electron chi connectivity index (χ1n) is 8.26. The molecule has 0 saturated carbocycles. The summed E-state index contributed by atoms with van der Waals surface area (Å²) in [7, 11) is 1.75. The zero-order valence-electron chi connectivity index (χ0n) is 14.3. The van der Waals surface area contributed by atoms with Crippen LogP contribution in [0.5, 0.6) is 6.01 Å². The van der Waals surface area contributed by atoms with Crippen LogP contribution in [0.1, 0.15) is 25.3 Å². The number of thioether (sulfide) groups is 1. The lowest BCUT2D eigenvalue weighted by molar-refractivity contribution is -0.131. The first-order valence-corrected chi connectivity index (χ1v) is 9.24. The van der Waals surface area contributed by atoms with Gasteiger partial charge in [-0.25, -0.2) is 14.6 Å². The van der Waals surface area contributed by atoms with Gasteiger partial charge in [-0.05, 0) is 35.3 Å². The van der Waals surface area contributed by atoms with E-state index in [1.165, 1.54) is 11.8 Å². The number of ether oxygens (including phenoxy) is 1. The maximum absolute atomic E-state index is 12.4. The number of rotatable bonds is 6. The summed E-state index contributed by atoms with van der Waals surface area (Å²) in [6, 6.07) is 0.371. The second-order valence-corrected chi connectivity index (χ2v) is 6.77. The number of piperidine rings is 1. The summed E-state index contributed by atoms with van der Waals surface area (Å²) < 4.78 is 7.40. The summed E-state index contributed by atoms with van der Waals surface area (Å²) in [6.07, 6.45) is 6.17. The van der Waals surface area contributed by atoms with E-state index in [0.29, 0.717) is 23.5 Å². The minimum atomic E-state index is -0.0772. The van der Waals surface area contributed by atoms with E-state index >= 15 is 0 Å². The molecule has 25 heavy (non-hydrogen) atoms. The fourth-order valence-corrected chi connectivity index (χ4v) is 3.31. The monoisotopic (exact) mass is 363 g/mol. The van der Waals surface area contributed by atoms with Crippen molar-refractivity contribution in [1.29, 1.82) is 0 Å². The molecule has 1 unspecified atom stereocenters. The maximum atomic E-state index is 12.4. The van der Waals surface area contributed by atoms with Crippen LogP contribution in [-0.4, -0.2) is 65.9 Å². The summed E-state index contributed by atoms with van der Waals surface area (Å²) in [5.74, 6) is 0.367. The summed E-state index contributed by atoms with van der Waals surface area (Å²) in [4.78, 5) is 22.7. The standard InChI is InChI=1S/C15H21N7O2S/c1-3-11-7-16-14(17-8-11)24-12-5-4-6-22(9-12)13(23)10-25-15-18-19-20-21(15)2/h7-8,12H,3-6,9-10H2,1-2H3. The highest BCUT2D eigenvalue weighted by molar-refractivity contribution is 7.99. The summed E-state index contributed by atoms with van der Waals surface area (Å²) in [5.41, 5.74) is 1.07. The number of tetrazole rings is 1. The van der Waals surface area contributed by atoms with Crippen LogP contribution in [-0.2, 0) is 18.3 Å². The molecule has 2 aromatic rings. The normalized spacial score (nSPS) is 17.5. The van der Waals surface area contributed by atoms with Crippen LogP contribution < -0.4 is 4.74 Å². The van der Waals surface area contributed by atoms with Gasteiger partial charge in [-0.3, -0.25) is 4.79 Å². The quantitative estimate of drug-likeness (QED) is 0.693. The maximum Gasteiger partial charge on any atom is 0.316 e. The average molecular weight is 363 g/mol. The molecule has 1 amide bonds. The molecule has 0 aliphatic carbocycles. The summed E-state index contributed by atoms with van der Waals surface area (Å²) in [5, 5.41) is 11.8. The van der Waals surface area contributed by atoms with Crippen LogP contribution in [0.4, 0.5) is 0 Å². The molecular weight excluding hydrogens is 342 g/mol. The third-order valence-corrected chi connectivity index (χ3v) is 4.99. The zero-order valence-corrected chi connectivity index (χ0v) is 15.1. The van der Waals surface area contributed by atoms with Crippen molar-refractivity contribution in [2.24, 2.45) is 7.05 Å². The largest absolute Gasteiger partial charge is 0.458 e. The van der Waals surface area contributed by atoms with Crippen molar-refractivity contribution < 1.29 is 9.53 Å². The van der Waals surface area contributed by atoms with Gasteiger partial charge in [-0.15, -0.1) is 5.10 Å². The summed E-state index contributed by atoms with van der Waals surface area (Å²) >= 11 is 1.33. The van der Waals surface area contributed by atoms with Gasteiger partial charge in [-0.1, -0.05) is 18.7 Å². The molecule has 3 heterocycles. The third-order valence-electron chi connectivity index (χ3n) is 4.00. The van der Waals surface area contributed by atoms with E-state index in [1.54, 1.807) is 24.1 Å². The Bertz CT molecular complexity index is 706. The Morgan fingerprint density at radius 1 is 1.40 bits per heavy atom. The lowest BCUT2D eigenvalue weighted by Crippen LogP contribution is -2.45. The van der Waals surface area contributed by atoms with Gasteiger partial charge in [0, 0.05) is 26.0 Å². The van der Waals surface area contributed by atoms with Crippen molar-refractivity contribution in [3.63, 3.8) is 0 Å². The minimum Gasteiger partial charge on any atom is -0.458 e. The van der Waals surface area contributed by atoms with E-state index in [4.69, 9.17) is 4.74 Å². The Balaban J connectivity index is 1.51. The van der Waals surface area contributed by atoms with Crippen molar-refractivity contribution in [2.45, 2.75) is 37.4 Å². The number of aryl methyl sites for hydroxylation is 2. The fourth-order valence-electron chi connectivity index (χ4n) is 2.56. The Morgan fingerprint density at radius 3 is 2.88 bits per heavy atom. The van der Waals surface area contributed by atoms with Crippen LogP contribution in [0.15, 0.2) is 17.6 Å². The van der Waals surface area contributed by atoms with Crippen molar-refractivity contribution in [3.8, 4) is 6.01 Å². The predicted molar refractivity (Wildman–Crippen MR) is 91.2 cm³/mol. The van der Waals surface area contributed by atoms with E-state index in [1.807, 2.05) is 4.90 Å². The topological polar surface area (TPSA) is 98.9 Å². The van der Waals surface area contributed by atoms with Crippen LogP contribution >= 0.6 is 11.8 Å². The second-order valence-electron chi connectivity index (χ2n) is 5.82. The van der Waals surface area contributed by atoms with Gasteiger partial charge >= 0.3 is 6.01 Å². The lowest BCUT2D eigenvalue weighted by Gasteiger charge is -2.32. The van der Waals surface area contributed by atoms with E-state index in [2.05, 4.69) is 32.4 Å². The molecule has 134 valence electrons. The van der Waals surface area contributed by atoms with Crippen molar-refractivity contribution >= 4 is 17.7 Å². The molecule has 1 saturated heterocycles. The number of carbonyl (C=O) groups is 1. The first kappa shape index (κ1) is 17.6. The van der Waals surface area contributed by atoms with Gasteiger partial charge in [-0.2, -0.15) is 0 Å². The molecular formula is C15H21N7O2S.